The number of hydrogen-bond acceptors (Lipinski definition) is 8. The van der Waals surface area contributed by atoms with Crippen molar-refractivity contribution in [3.63, 3.8) is 0 Å². The Morgan fingerprint density at radius 2 is 1.60 bits per heavy atom. The molecule has 0 saturated carbocycles. The molecule has 1 aliphatic heterocycles. The molecule has 0 aromatic heterocycles. The average molecular weight is 429 g/mol. The van der Waals surface area contributed by atoms with Crippen LogP contribution in [0.1, 0.15) is 39.0 Å². The second-order valence-corrected chi connectivity index (χ2v) is 6.83. The maximum Gasteiger partial charge on any atom is 0.326 e. The molecule has 1 heterocycles. The monoisotopic (exact) mass is 429 g/mol. The molecule has 0 aromatic rings. The first kappa shape index (κ1) is 24.7. The molecule has 1 fully saturated rings. The van der Waals surface area contributed by atoms with Crippen LogP contribution in [-0.4, -0.2) is 79.8 Å². The predicted molar refractivity (Wildman–Crippen MR) is 95.7 cm³/mol. The van der Waals surface area contributed by atoms with Crippen molar-refractivity contribution in [3.05, 3.63) is 0 Å². The van der Waals surface area contributed by atoms with Crippen molar-refractivity contribution in [2.45, 2.75) is 57.2 Å². The Hall–Kier alpha value is -3.35. The molecule has 4 atom stereocenters. The predicted octanol–water partition coefficient (Wildman–Crippen LogP) is -2.05. The topological polar surface area (TPSA) is 221 Å². The SMILES string of the molecule is C[C@H](N)C(=O)N[C@@H](CCC(=O)O)C(=O)[C@H]1CC(=O)N([C@@H](CCC(=O)O)C(=O)O)C1=O. The molecule has 6 N–H and O–H groups in total. The summed E-state index contributed by atoms with van der Waals surface area (Å²) >= 11 is 0. The van der Waals surface area contributed by atoms with Crippen molar-refractivity contribution in [2.75, 3.05) is 0 Å². The average Bonchev–Trinajstić information content (AvgIpc) is 2.92. The van der Waals surface area contributed by atoms with E-state index < -0.39 is 91.1 Å². The van der Waals surface area contributed by atoms with Gasteiger partial charge in [-0.1, -0.05) is 0 Å². The number of imide groups is 1. The number of nitrogens with zero attached hydrogens (tertiary/aromatic N) is 1. The first-order chi connectivity index (χ1) is 13.9. The van der Waals surface area contributed by atoms with Gasteiger partial charge in [0, 0.05) is 19.3 Å². The lowest BCUT2D eigenvalue weighted by Crippen LogP contribution is -2.51. The van der Waals surface area contributed by atoms with Crippen molar-refractivity contribution < 1.29 is 48.9 Å². The maximum absolute atomic E-state index is 12.8. The van der Waals surface area contributed by atoms with E-state index in [2.05, 4.69) is 5.32 Å². The highest BCUT2D eigenvalue weighted by molar-refractivity contribution is 6.17. The first-order valence-electron chi connectivity index (χ1n) is 8.98. The zero-order chi connectivity index (χ0) is 23.2. The molecule has 166 valence electrons. The maximum atomic E-state index is 12.8. The summed E-state index contributed by atoms with van der Waals surface area (Å²) in [4.78, 5) is 82.8. The van der Waals surface area contributed by atoms with Gasteiger partial charge in [0.1, 0.15) is 12.0 Å². The summed E-state index contributed by atoms with van der Waals surface area (Å²) in [6.45, 7) is 1.32. The third-order valence-electron chi connectivity index (χ3n) is 4.48. The Balaban J connectivity index is 3.08. The number of nitrogens with two attached hydrogens (primary N) is 1. The molecule has 1 aliphatic rings. The fraction of sp³-hybridized carbons (Fsp3) is 0.588. The summed E-state index contributed by atoms with van der Waals surface area (Å²) < 4.78 is 0. The summed E-state index contributed by atoms with van der Waals surface area (Å²) in [5.74, 6) is -9.69. The van der Waals surface area contributed by atoms with Crippen LogP contribution in [0.3, 0.4) is 0 Å². The van der Waals surface area contributed by atoms with E-state index in [1.165, 1.54) is 6.92 Å². The van der Waals surface area contributed by atoms with Gasteiger partial charge in [-0.05, 0) is 19.8 Å². The lowest BCUT2D eigenvalue weighted by Gasteiger charge is -2.23. The van der Waals surface area contributed by atoms with Gasteiger partial charge in [-0.15, -0.1) is 0 Å². The standard InChI is InChI=1S/C17H23N3O10/c1-7(18)15(27)19-9(2-4-12(22)23)14(26)8-6-11(21)20(16(8)28)10(17(29)30)3-5-13(24)25/h7-10H,2-6,18H2,1H3,(H,19,27)(H,22,23)(H,24,25)(H,29,30)/t7-,8+,9-,10-/m0/s1. The molecule has 0 spiro atoms. The Morgan fingerprint density at radius 1 is 1.07 bits per heavy atom. The van der Waals surface area contributed by atoms with Crippen molar-refractivity contribution in [1.82, 2.24) is 10.2 Å². The molecule has 13 heteroatoms. The number of Topliss-reactive ketones (excluding diaryl/α,β-unsaturated/α-hetero) is 1. The van der Waals surface area contributed by atoms with E-state index in [0.717, 1.165) is 0 Å². The van der Waals surface area contributed by atoms with Crippen LogP contribution < -0.4 is 11.1 Å². The van der Waals surface area contributed by atoms with Crippen molar-refractivity contribution in [2.24, 2.45) is 11.7 Å². The van der Waals surface area contributed by atoms with Gasteiger partial charge in [0.25, 0.3) is 0 Å². The second-order valence-electron chi connectivity index (χ2n) is 6.83. The lowest BCUT2D eigenvalue weighted by molar-refractivity contribution is -0.156. The number of hydrogen-bond donors (Lipinski definition) is 5. The molecule has 3 amide bonds. The fourth-order valence-corrected chi connectivity index (χ4v) is 2.92. The van der Waals surface area contributed by atoms with Crippen LogP contribution in [-0.2, 0) is 33.6 Å². The van der Waals surface area contributed by atoms with E-state index in [0.29, 0.717) is 4.90 Å². The first-order valence-corrected chi connectivity index (χ1v) is 8.98. The molecule has 1 rings (SSSR count). The van der Waals surface area contributed by atoms with Crippen LogP contribution in [0.15, 0.2) is 0 Å². The van der Waals surface area contributed by atoms with Crippen molar-refractivity contribution >= 4 is 41.4 Å². The minimum absolute atomic E-state index is 0.343. The minimum atomic E-state index is -1.77. The number of ketones is 1. The Bertz CT molecular complexity index is 763. The number of nitrogens with one attached hydrogen (secondary N) is 1. The number of aliphatic carboxylic acids is 3. The van der Waals surface area contributed by atoms with Crippen LogP contribution in [0, 0.1) is 5.92 Å². The molecule has 1 saturated heterocycles. The van der Waals surface area contributed by atoms with Crippen LogP contribution in [0.5, 0.6) is 0 Å². The van der Waals surface area contributed by atoms with E-state index >= 15 is 0 Å². The van der Waals surface area contributed by atoms with Crippen LogP contribution in [0.25, 0.3) is 0 Å². The van der Waals surface area contributed by atoms with Gasteiger partial charge in [0.15, 0.2) is 5.78 Å². The van der Waals surface area contributed by atoms with Gasteiger partial charge >= 0.3 is 17.9 Å². The molecule has 30 heavy (non-hydrogen) atoms. The molecule has 0 aromatic carbocycles. The van der Waals surface area contributed by atoms with Crippen LogP contribution in [0.2, 0.25) is 0 Å². The molecular weight excluding hydrogens is 406 g/mol. The van der Waals surface area contributed by atoms with E-state index in [9.17, 15) is 38.7 Å². The highest BCUT2D eigenvalue weighted by Crippen LogP contribution is 2.26. The molecular formula is C17H23N3O10. The minimum Gasteiger partial charge on any atom is -0.481 e. The Kier molecular flexibility index (Phi) is 8.59. The highest BCUT2D eigenvalue weighted by Gasteiger charge is 2.49. The van der Waals surface area contributed by atoms with Gasteiger partial charge in [0.05, 0.1) is 12.1 Å². The smallest absolute Gasteiger partial charge is 0.326 e. The quantitative estimate of drug-likeness (QED) is 0.168. The second kappa shape index (κ2) is 10.4. The highest BCUT2D eigenvalue weighted by atomic mass is 16.4. The summed E-state index contributed by atoms with van der Waals surface area (Å²) in [5.41, 5.74) is 5.41. The van der Waals surface area contributed by atoms with Crippen molar-refractivity contribution in [3.8, 4) is 0 Å². The molecule has 0 radical (unpaired) electrons. The van der Waals surface area contributed by atoms with Gasteiger partial charge < -0.3 is 26.4 Å². The number of rotatable bonds is 12. The molecule has 0 bridgehead atoms. The van der Waals surface area contributed by atoms with Gasteiger partial charge in [-0.25, -0.2) is 4.79 Å². The number of carbonyl (C=O) groups is 7. The van der Waals surface area contributed by atoms with Crippen LogP contribution >= 0.6 is 0 Å². The van der Waals surface area contributed by atoms with E-state index in [4.69, 9.17) is 15.9 Å². The Labute approximate surface area is 170 Å². The third-order valence-corrected chi connectivity index (χ3v) is 4.48. The zero-order valence-electron chi connectivity index (χ0n) is 16.1. The molecule has 0 unspecified atom stereocenters. The number of likely N-dealkylation sites (tertiary alicyclic amines) is 1. The summed E-state index contributed by atoms with van der Waals surface area (Å²) in [6, 6.07) is -4.23. The van der Waals surface area contributed by atoms with E-state index in [-0.39, 0.29) is 6.42 Å². The normalized spacial score (nSPS) is 19.1. The van der Waals surface area contributed by atoms with Crippen molar-refractivity contribution in [1.29, 1.82) is 0 Å². The summed E-state index contributed by atoms with van der Waals surface area (Å²) in [5, 5.41) is 29.1. The number of carbonyl (C=O) groups excluding carboxylic acids is 4. The largest absolute Gasteiger partial charge is 0.481 e. The molecule has 13 nitrogen and oxygen atoms in total. The summed E-state index contributed by atoms with van der Waals surface area (Å²) in [6.07, 6.45) is -2.74. The van der Waals surface area contributed by atoms with Gasteiger partial charge in [-0.3, -0.25) is 33.7 Å². The van der Waals surface area contributed by atoms with Crippen LogP contribution in [0.4, 0.5) is 0 Å². The number of amides is 3. The third kappa shape index (κ3) is 6.34. The zero-order valence-corrected chi connectivity index (χ0v) is 16.1. The number of carboxylic acids is 3. The fourth-order valence-electron chi connectivity index (χ4n) is 2.92. The summed E-state index contributed by atoms with van der Waals surface area (Å²) in [7, 11) is 0. The lowest BCUT2D eigenvalue weighted by atomic mass is 9.93. The van der Waals surface area contributed by atoms with Gasteiger partial charge in [0.2, 0.25) is 17.7 Å². The number of carboxylic acid groups (broad SMARTS) is 3. The molecule has 0 aliphatic carbocycles. The van der Waals surface area contributed by atoms with E-state index in [1.54, 1.807) is 0 Å². The Morgan fingerprint density at radius 3 is 2.07 bits per heavy atom. The van der Waals surface area contributed by atoms with E-state index in [1.807, 2.05) is 0 Å². The van der Waals surface area contributed by atoms with Gasteiger partial charge in [-0.2, -0.15) is 0 Å².